The molecule has 6 heteroatoms. The van der Waals surface area contributed by atoms with Gasteiger partial charge < -0.3 is 14.2 Å². The number of nitrogens with zero attached hydrogens (tertiary/aromatic N) is 1. The van der Waals surface area contributed by atoms with Gasteiger partial charge in [0.15, 0.2) is 11.7 Å². The molecule has 0 fully saturated rings. The third-order valence-electron chi connectivity index (χ3n) is 3.60. The summed E-state index contributed by atoms with van der Waals surface area (Å²) in [6.07, 6.45) is 3.79. The number of furan rings is 1. The summed E-state index contributed by atoms with van der Waals surface area (Å²) in [5, 5.41) is 2.85. The normalized spacial score (nSPS) is 12.1. The van der Waals surface area contributed by atoms with E-state index in [1.807, 2.05) is 13.0 Å². The Kier molecular flexibility index (Phi) is 4.74. The van der Waals surface area contributed by atoms with E-state index in [1.165, 1.54) is 12.1 Å². The first-order chi connectivity index (χ1) is 11.6. The number of aromatic nitrogens is 1. The van der Waals surface area contributed by atoms with Gasteiger partial charge in [-0.1, -0.05) is 0 Å². The molecule has 1 N–H and O–H groups in total. The third-order valence-corrected chi connectivity index (χ3v) is 3.60. The van der Waals surface area contributed by atoms with Gasteiger partial charge in [0, 0.05) is 18.4 Å². The number of benzene rings is 1. The largest absolute Gasteiger partial charge is 0.467 e. The number of nitrogens with one attached hydrogen (secondary N) is 1. The Morgan fingerprint density at radius 3 is 2.79 bits per heavy atom. The molecule has 1 aromatic carbocycles. The van der Waals surface area contributed by atoms with E-state index < -0.39 is 0 Å². The molecule has 24 heavy (non-hydrogen) atoms. The summed E-state index contributed by atoms with van der Waals surface area (Å²) in [5.41, 5.74) is 0.742. The van der Waals surface area contributed by atoms with E-state index in [2.05, 4.69) is 10.3 Å². The van der Waals surface area contributed by atoms with Crippen molar-refractivity contribution >= 4 is 5.91 Å². The van der Waals surface area contributed by atoms with Crippen LogP contribution in [0, 0.1) is 5.82 Å². The molecule has 0 radical (unpaired) electrons. The van der Waals surface area contributed by atoms with Gasteiger partial charge in [0.2, 0.25) is 5.91 Å². The van der Waals surface area contributed by atoms with Crippen LogP contribution >= 0.6 is 0 Å². The number of aryl methyl sites for hydroxylation is 1. The van der Waals surface area contributed by atoms with Crippen LogP contribution in [0.1, 0.15) is 31.0 Å². The van der Waals surface area contributed by atoms with Crippen molar-refractivity contribution in [3.63, 3.8) is 0 Å². The summed E-state index contributed by atoms with van der Waals surface area (Å²) in [4.78, 5) is 16.1. The Hall–Kier alpha value is -2.89. The monoisotopic (exact) mass is 328 g/mol. The molecule has 2 heterocycles. The van der Waals surface area contributed by atoms with Crippen LogP contribution in [0.25, 0.3) is 11.3 Å². The van der Waals surface area contributed by atoms with Crippen LogP contribution in [0.5, 0.6) is 0 Å². The smallest absolute Gasteiger partial charge is 0.221 e. The van der Waals surface area contributed by atoms with Crippen molar-refractivity contribution in [3.8, 4) is 11.3 Å². The fraction of sp³-hybridized carbons (Fsp3) is 0.222. The molecule has 124 valence electrons. The van der Waals surface area contributed by atoms with Crippen molar-refractivity contribution in [2.24, 2.45) is 0 Å². The Morgan fingerprint density at radius 2 is 2.08 bits per heavy atom. The zero-order chi connectivity index (χ0) is 16.9. The summed E-state index contributed by atoms with van der Waals surface area (Å²) in [5.74, 6) is 1.31. The maximum atomic E-state index is 12.9. The van der Waals surface area contributed by atoms with Crippen LogP contribution in [0.3, 0.4) is 0 Å². The van der Waals surface area contributed by atoms with Crippen LogP contribution < -0.4 is 5.32 Å². The SMILES string of the molecule is CC(NC(=O)CCc1ncc(-c2ccc(F)cc2)o1)c1ccco1. The molecule has 0 aliphatic carbocycles. The molecule has 0 saturated carbocycles. The van der Waals surface area contributed by atoms with E-state index in [1.54, 1.807) is 30.7 Å². The number of amides is 1. The van der Waals surface area contributed by atoms with Gasteiger partial charge in [-0.2, -0.15) is 0 Å². The first kappa shape index (κ1) is 16.0. The van der Waals surface area contributed by atoms with Crippen LogP contribution in [-0.2, 0) is 11.2 Å². The summed E-state index contributed by atoms with van der Waals surface area (Å²) in [6.45, 7) is 1.86. The van der Waals surface area contributed by atoms with Gasteiger partial charge in [0.25, 0.3) is 0 Å². The molecule has 0 spiro atoms. The molecule has 3 aromatic rings. The second kappa shape index (κ2) is 7.12. The quantitative estimate of drug-likeness (QED) is 0.745. The maximum absolute atomic E-state index is 12.9. The standard InChI is InChI=1S/C18H17FN2O3/c1-12(15-3-2-10-23-15)21-17(22)8-9-18-20-11-16(24-18)13-4-6-14(19)7-5-13/h2-7,10-12H,8-9H2,1H3,(H,21,22). The molecule has 0 aliphatic heterocycles. The Labute approximate surface area is 138 Å². The molecule has 1 unspecified atom stereocenters. The highest BCUT2D eigenvalue weighted by Gasteiger charge is 2.13. The zero-order valence-corrected chi connectivity index (χ0v) is 13.2. The van der Waals surface area contributed by atoms with Gasteiger partial charge in [-0.25, -0.2) is 9.37 Å². The second-order valence-electron chi connectivity index (χ2n) is 5.43. The lowest BCUT2D eigenvalue weighted by atomic mass is 10.2. The molecule has 0 saturated heterocycles. The van der Waals surface area contributed by atoms with E-state index in [4.69, 9.17) is 8.83 Å². The van der Waals surface area contributed by atoms with Gasteiger partial charge in [-0.05, 0) is 43.3 Å². The molecule has 0 bridgehead atoms. The Morgan fingerprint density at radius 1 is 1.29 bits per heavy atom. The lowest BCUT2D eigenvalue weighted by Crippen LogP contribution is -2.26. The van der Waals surface area contributed by atoms with Crippen molar-refractivity contribution in [3.05, 3.63) is 66.3 Å². The predicted molar refractivity (Wildman–Crippen MR) is 85.5 cm³/mol. The topological polar surface area (TPSA) is 68.3 Å². The number of carbonyl (C=O) groups excluding carboxylic acids is 1. The van der Waals surface area contributed by atoms with Crippen LogP contribution in [0.2, 0.25) is 0 Å². The highest BCUT2D eigenvalue weighted by Crippen LogP contribution is 2.21. The van der Waals surface area contributed by atoms with E-state index >= 15 is 0 Å². The zero-order valence-electron chi connectivity index (χ0n) is 13.2. The average Bonchev–Trinajstić information content (AvgIpc) is 3.25. The molecule has 1 atom stereocenters. The molecule has 2 aromatic heterocycles. The minimum absolute atomic E-state index is 0.111. The number of oxazole rings is 1. The number of halogens is 1. The van der Waals surface area contributed by atoms with Crippen LogP contribution in [-0.4, -0.2) is 10.9 Å². The summed E-state index contributed by atoms with van der Waals surface area (Å²) in [7, 11) is 0. The number of rotatable bonds is 6. The van der Waals surface area contributed by atoms with Crippen LogP contribution in [0.15, 0.2) is 57.7 Å². The average molecular weight is 328 g/mol. The van der Waals surface area contributed by atoms with E-state index in [0.29, 0.717) is 23.8 Å². The fourth-order valence-corrected chi connectivity index (χ4v) is 2.32. The molecule has 0 aliphatic rings. The van der Waals surface area contributed by atoms with Gasteiger partial charge >= 0.3 is 0 Å². The van der Waals surface area contributed by atoms with Crippen molar-refractivity contribution in [2.75, 3.05) is 0 Å². The molecule has 1 amide bonds. The van der Waals surface area contributed by atoms with Gasteiger partial charge in [-0.15, -0.1) is 0 Å². The highest BCUT2D eigenvalue weighted by atomic mass is 19.1. The Bertz CT molecular complexity index is 794. The molecular formula is C18H17FN2O3. The molecule has 3 rings (SSSR count). The first-order valence-corrected chi connectivity index (χ1v) is 7.65. The van der Waals surface area contributed by atoms with Gasteiger partial charge in [0.05, 0.1) is 18.5 Å². The lowest BCUT2D eigenvalue weighted by molar-refractivity contribution is -0.121. The second-order valence-corrected chi connectivity index (χ2v) is 5.43. The summed E-state index contributed by atoms with van der Waals surface area (Å²) >= 11 is 0. The fourth-order valence-electron chi connectivity index (χ4n) is 2.32. The third kappa shape index (κ3) is 3.90. The van der Waals surface area contributed by atoms with Crippen LogP contribution in [0.4, 0.5) is 4.39 Å². The van der Waals surface area contributed by atoms with Crippen molar-refractivity contribution in [2.45, 2.75) is 25.8 Å². The number of hydrogen-bond donors (Lipinski definition) is 1. The van der Waals surface area contributed by atoms with E-state index in [-0.39, 0.29) is 24.2 Å². The Balaban J connectivity index is 1.53. The van der Waals surface area contributed by atoms with Crippen molar-refractivity contribution in [1.82, 2.24) is 10.3 Å². The van der Waals surface area contributed by atoms with E-state index in [0.717, 1.165) is 5.56 Å². The van der Waals surface area contributed by atoms with Gasteiger partial charge in [0.1, 0.15) is 11.6 Å². The molecule has 5 nitrogen and oxygen atoms in total. The minimum Gasteiger partial charge on any atom is -0.467 e. The summed E-state index contributed by atoms with van der Waals surface area (Å²) < 4.78 is 23.8. The number of carbonyl (C=O) groups is 1. The maximum Gasteiger partial charge on any atom is 0.221 e. The summed E-state index contributed by atoms with van der Waals surface area (Å²) in [6, 6.07) is 9.37. The first-order valence-electron chi connectivity index (χ1n) is 7.65. The highest BCUT2D eigenvalue weighted by molar-refractivity contribution is 5.76. The number of hydrogen-bond acceptors (Lipinski definition) is 4. The minimum atomic E-state index is -0.305. The predicted octanol–water partition coefficient (Wildman–Crippen LogP) is 3.88. The van der Waals surface area contributed by atoms with Crippen molar-refractivity contribution in [1.29, 1.82) is 0 Å². The van der Waals surface area contributed by atoms with Gasteiger partial charge in [-0.3, -0.25) is 4.79 Å². The van der Waals surface area contributed by atoms with Crippen molar-refractivity contribution < 1.29 is 18.0 Å². The van der Waals surface area contributed by atoms with E-state index in [9.17, 15) is 9.18 Å². The molecular weight excluding hydrogens is 311 g/mol. The lowest BCUT2D eigenvalue weighted by Gasteiger charge is -2.10.